The third-order valence-corrected chi connectivity index (χ3v) is 3.68. The van der Waals surface area contributed by atoms with Gasteiger partial charge in [0.2, 0.25) is 5.82 Å². The van der Waals surface area contributed by atoms with Crippen molar-refractivity contribution in [2.45, 2.75) is 18.9 Å². The van der Waals surface area contributed by atoms with Crippen molar-refractivity contribution in [3.8, 4) is 23.0 Å². The second-order valence-electron chi connectivity index (χ2n) is 5.31. The van der Waals surface area contributed by atoms with E-state index < -0.39 is 0 Å². The molecule has 0 aliphatic carbocycles. The molecule has 1 saturated heterocycles. The quantitative estimate of drug-likeness (QED) is 0.747. The number of anilines is 1. The van der Waals surface area contributed by atoms with E-state index in [-0.39, 0.29) is 6.10 Å². The highest BCUT2D eigenvalue weighted by Crippen LogP contribution is 2.25. The third kappa shape index (κ3) is 3.06. The van der Waals surface area contributed by atoms with E-state index in [2.05, 4.69) is 35.4 Å². The largest absolute Gasteiger partial charge is 0.376 e. The standard InChI is InChI=1S/C15H15N7O2/c1-2-10(23-5-1)6-19-13-11(7-17-9-20-13)15-21-14(22-24-15)12-8-16-3-4-18-12/h3-4,7-10H,1-2,5-6H2,(H,17,19,20)/t10-/m0/s1. The van der Waals surface area contributed by atoms with Crippen molar-refractivity contribution in [2.75, 3.05) is 18.5 Å². The molecule has 1 atom stereocenters. The lowest BCUT2D eigenvalue weighted by molar-refractivity contribution is 0.120. The molecular formula is C15H15N7O2. The Bertz CT molecular complexity index is 802. The maximum absolute atomic E-state index is 5.61. The van der Waals surface area contributed by atoms with Crippen LogP contribution in [0, 0.1) is 0 Å². The molecule has 3 aromatic rings. The fourth-order valence-corrected chi connectivity index (χ4v) is 2.49. The summed E-state index contributed by atoms with van der Waals surface area (Å²) in [6, 6.07) is 0. The minimum absolute atomic E-state index is 0.200. The Balaban J connectivity index is 1.56. The molecule has 1 aliphatic heterocycles. The SMILES string of the molecule is c1cnc(-c2noc(-c3cncnc3NC[C@@H]3CCCO3)n2)cn1. The van der Waals surface area contributed by atoms with E-state index in [1.807, 2.05) is 0 Å². The minimum atomic E-state index is 0.200. The number of hydrogen-bond acceptors (Lipinski definition) is 9. The molecule has 24 heavy (non-hydrogen) atoms. The Morgan fingerprint density at radius 3 is 3.00 bits per heavy atom. The predicted octanol–water partition coefficient (Wildman–Crippen LogP) is 1.57. The van der Waals surface area contributed by atoms with Gasteiger partial charge in [-0.05, 0) is 12.8 Å². The summed E-state index contributed by atoms with van der Waals surface area (Å²) >= 11 is 0. The van der Waals surface area contributed by atoms with E-state index >= 15 is 0 Å². The molecule has 9 heteroatoms. The zero-order valence-corrected chi connectivity index (χ0v) is 12.8. The lowest BCUT2D eigenvalue weighted by Crippen LogP contribution is -2.19. The van der Waals surface area contributed by atoms with Crippen molar-refractivity contribution in [1.29, 1.82) is 0 Å². The van der Waals surface area contributed by atoms with Crippen LogP contribution in [0.25, 0.3) is 23.0 Å². The van der Waals surface area contributed by atoms with Crippen molar-refractivity contribution >= 4 is 5.82 Å². The van der Waals surface area contributed by atoms with Gasteiger partial charge >= 0.3 is 0 Å². The van der Waals surface area contributed by atoms with E-state index in [0.717, 1.165) is 19.4 Å². The molecular weight excluding hydrogens is 310 g/mol. The zero-order chi connectivity index (χ0) is 16.2. The molecule has 4 heterocycles. The lowest BCUT2D eigenvalue weighted by Gasteiger charge is -2.12. The zero-order valence-electron chi connectivity index (χ0n) is 12.8. The van der Waals surface area contributed by atoms with Gasteiger partial charge in [-0.1, -0.05) is 5.16 Å². The molecule has 0 unspecified atom stereocenters. The van der Waals surface area contributed by atoms with Crippen LogP contribution in [0.2, 0.25) is 0 Å². The highest BCUT2D eigenvalue weighted by atomic mass is 16.5. The van der Waals surface area contributed by atoms with Crippen molar-refractivity contribution in [1.82, 2.24) is 30.1 Å². The van der Waals surface area contributed by atoms with Gasteiger partial charge in [0.25, 0.3) is 5.89 Å². The van der Waals surface area contributed by atoms with Gasteiger partial charge in [-0.15, -0.1) is 0 Å². The number of rotatable bonds is 5. The normalized spacial score (nSPS) is 17.1. The van der Waals surface area contributed by atoms with E-state index in [4.69, 9.17) is 9.26 Å². The van der Waals surface area contributed by atoms with Gasteiger partial charge in [0, 0.05) is 31.7 Å². The van der Waals surface area contributed by atoms with E-state index in [0.29, 0.717) is 35.3 Å². The van der Waals surface area contributed by atoms with Gasteiger partial charge in [0.05, 0.1) is 12.3 Å². The van der Waals surface area contributed by atoms with Gasteiger partial charge < -0.3 is 14.6 Å². The number of ether oxygens (including phenoxy) is 1. The molecule has 1 fully saturated rings. The third-order valence-electron chi connectivity index (χ3n) is 3.68. The summed E-state index contributed by atoms with van der Waals surface area (Å²) < 4.78 is 10.9. The van der Waals surface area contributed by atoms with Gasteiger partial charge in [0.1, 0.15) is 23.4 Å². The molecule has 0 amide bonds. The van der Waals surface area contributed by atoms with Crippen LogP contribution in [0.1, 0.15) is 12.8 Å². The first kappa shape index (κ1) is 14.6. The van der Waals surface area contributed by atoms with Crippen molar-refractivity contribution in [3.05, 3.63) is 31.1 Å². The van der Waals surface area contributed by atoms with Gasteiger partial charge in [-0.2, -0.15) is 4.98 Å². The smallest absolute Gasteiger partial charge is 0.263 e. The Labute approximate surface area is 137 Å². The summed E-state index contributed by atoms with van der Waals surface area (Å²) in [5, 5.41) is 7.22. The molecule has 1 N–H and O–H groups in total. The Kier molecular flexibility index (Phi) is 4.07. The maximum Gasteiger partial charge on any atom is 0.263 e. The topological polar surface area (TPSA) is 112 Å². The summed E-state index contributed by atoms with van der Waals surface area (Å²) in [7, 11) is 0. The fraction of sp³-hybridized carbons (Fsp3) is 0.333. The molecule has 9 nitrogen and oxygen atoms in total. The number of nitrogens with one attached hydrogen (secondary N) is 1. The summed E-state index contributed by atoms with van der Waals surface area (Å²) in [5.41, 5.74) is 1.18. The van der Waals surface area contributed by atoms with Crippen LogP contribution in [0.5, 0.6) is 0 Å². The predicted molar refractivity (Wildman–Crippen MR) is 83.8 cm³/mol. The first-order valence-corrected chi connectivity index (χ1v) is 7.66. The monoisotopic (exact) mass is 325 g/mol. The minimum Gasteiger partial charge on any atom is -0.376 e. The van der Waals surface area contributed by atoms with Crippen LogP contribution in [0.15, 0.2) is 35.6 Å². The first-order valence-electron chi connectivity index (χ1n) is 7.66. The van der Waals surface area contributed by atoms with E-state index in [1.54, 1.807) is 24.8 Å². The average molecular weight is 325 g/mol. The van der Waals surface area contributed by atoms with Crippen LogP contribution in [0.3, 0.4) is 0 Å². The van der Waals surface area contributed by atoms with E-state index in [1.165, 1.54) is 6.33 Å². The molecule has 122 valence electrons. The molecule has 0 radical (unpaired) electrons. The lowest BCUT2D eigenvalue weighted by atomic mass is 10.2. The fourth-order valence-electron chi connectivity index (χ4n) is 2.49. The van der Waals surface area contributed by atoms with Crippen molar-refractivity contribution in [2.24, 2.45) is 0 Å². The van der Waals surface area contributed by atoms with Crippen LogP contribution < -0.4 is 5.32 Å². The molecule has 0 bridgehead atoms. The number of nitrogens with zero attached hydrogens (tertiary/aromatic N) is 6. The summed E-state index contributed by atoms with van der Waals surface area (Å²) in [6.07, 6.45) is 10.2. The Hall–Kier alpha value is -2.94. The molecule has 0 saturated carbocycles. The molecule has 0 spiro atoms. The first-order chi connectivity index (χ1) is 11.9. The second-order valence-corrected chi connectivity index (χ2v) is 5.31. The average Bonchev–Trinajstić information content (AvgIpc) is 3.33. The van der Waals surface area contributed by atoms with Crippen LogP contribution in [0.4, 0.5) is 5.82 Å². The van der Waals surface area contributed by atoms with Gasteiger partial charge in [-0.3, -0.25) is 4.98 Å². The van der Waals surface area contributed by atoms with Gasteiger partial charge in [0.15, 0.2) is 0 Å². The highest BCUT2D eigenvalue weighted by molar-refractivity contribution is 5.68. The maximum atomic E-state index is 5.61. The Morgan fingerprint density at radius 1 is 1.17 bits per heavy atom. The number of aromatic nitrogens is 6. The molecule has 3 aromatic heterocycles. The van der Waals surface area contributed by atoms with Crippen molar-refractivity contribution < 1.29 is 9.26 Å². The van der Waals surface area contributed by atoms with Gasteiger partial charge in [-0.25, -0.2) is 15.0 Å². The second kappa shape index (κ2) is 6.67. The highest BCUT2D eigenvalue weighted by Gasteiger charge is 2.19. The van der Waals surface area contributed by atoms with E-state index in [9.17, 15) is 0 Å². The summed E-state index contributed by atoms with van der Waals surface area (Å²) in [5.74, 6) is 1.33. The molecule has 0 aromatic carbocycles. The Morgan fingerprint density at radius 2 is 2.17 bits per heavy atom. The van der Waals surface area contributed by atoms with Crippen LogP contribution in [-0.2, 0) is 4.74 Å². The molecule has 1 aliphatic rings. The van der Waals surface area contributed by atoms with Crippen LogP contribution in [-0.4, -0.2) is 49.3 Å². The van der Waals surface area contributed by atoms with Crippen LogP contribution >= 0.6 is 0 Å². The molecule has 4 rings (SSSR count). The number of hydrogen-bond donors (Lipinski definition) is 1. The summed E-state index contributed by atoms with van der Waals surface area (Å²) in [6.45, 7) is 1.49. The summed E-state index contributed by atoms with van der Waals surface area (Å²) in [4.78, 5) is 20.8. The van der Waals surface area contributed by atoms with Crippen molar-refractivity contribution in [3.63, 3.8) is 0 Å².